The molecule has 4 nitrogen and oxygen atoms in total. The molecule has 3 rings (SSSR count). The van der Waals surface area contributed by atoms with Gasteiger partial charge in [0, 0.05) is 17.3 Å². The second-order valence-electron chi connectivity index (χ2n) is 5.39. The highest BCUT2D eigenvalue weighted by atomic mass is 35.5. The van der Waals surface area contributed by atoms with E-state index in [1.807, 2.05) is 43.3 Å². The van der Waals surface area contributed by atoms with Gasteiger partial charge < -0.3 is 10.1 Å². The number of pyridine rings is 1. The van der Waals surface area contributed by atoms with Gasteiger partial charge in [-0.05, 0) is 32.0 Å². The lowest BCUT2D eigenvalue weighted by Crippen LogP contribution is -2.09. The van der Waals surface area contributed by atoms with Crippen LogP contribution in [0, 0.1) is 6.92 Å². The second-order valence-corrected chi connectivity index (χ2v) is 5.80. The van der Waals surface area contributed by atoms with Crippen molar-refractivity contribution in [2.24, 2.45) is 0 Å². The summed E-state index contributed by atoms with van der Waals surface area (Å²) in [7, 11) is 0. The molecule has 24 heavy (non-hydrogen) atoms. The number of rotatable bonds is 4. The maximum Gasteiger partial charge on any atom is 0.341 e. The van der Waals surface area contributed by atoms with E-state index >= 15 is 0 Å². The quantitative estimate of drug-likeness (QED) is 0.670. The van der Waals surface area contributed by atoms with Gasteiger partial charge in [0.1, 0.15) is 5.56 Å². The summed E-state index contributed by atoms with van der Waals surface area (Å²) in [6, 6.07) is 13.4. The van der Waals surface area contributed by atoms with Crippen LogP contribution in [-0.4, -0.2) is 17.6 Å². The van der Waals surface area contributed by atoms with Gasteiger partial charge in [-0.15, -0.1) is 0 Å². The Hall–Kier alpha value is -2.59. The number of aryl methyl sites for hydroxylation is 1. The molecule has 0 amide bonds. The van der Waals surface area contributed by atoms with Gasteiger partial charge >= 0.3 is 5.97 Å². The molecule has 0 unspecified atom stereocenters. The number of carbonyl (C=O) groups is 1. The van der Waals surface area contributed by atoms with Crippen LogP contribution in [0.5, 0.6) is 0 Å². The van der Waals surface area contributed by atoms with Crippen molar-refractivity contribution in [3.05, 3.63) is 64.8 Å². The largest absolute Gasteiger partial charge is 0.462 e. The maximum atomic E-state index is 12.3. The SMILES string of the molecule is CCOC(=O)c1cnc2c(Cl)cccc2c1Nc1ccc(C)cc1. The summed E-state index contributed by atoms with van der Waals surface area (Å²) >= 11 is 6.24. The van der Waals surface area contributed by atoms with Crippen molar-refractivity contribution < 1.29 is 9.53 Å². The van der Waals surface area contributed by atoms with Gasteiger partial charge in [0.25, 0.3) is 0 Å². The summed E-state index contributed by atoms with van der Waals surface area (Å²) in [5.41, 5.74) is 3.70. The third kappa shape index (κ3) is 3.19. The number of esters is 1. The van der Waals surface area contributed by atoms with Gasteiger partial charge in [-0.25, -0.2) is 4.79 Å². The Labute approximate surface area is 145 Å². The summed E-state index contributed by atoms with van der Waals surface area (Å²) in [5.74, 6) is -0.415. The van der Waals surface area contributed by atoms with Gasteiger partial charge in [0.15, 0.2) is 0 Å². The van der Waals surface area contributed by atoms with Gasteiger partial charge in [-0.2, -0.15) is 0 Å². The lowest BCUT2D eigenvalue weighted by atomic mass is 10.1. The maximum absolute atomic E-state index is 12.3. The van der Waals surface area contributed by atoms with E-state index in [4.69, 9.17) is 16.3 Å². The first-order chi connectivity index (χ1) is 11.6. The molecule has 2 aromatic carbocycles. The zero-order chi connectivity index (χ0) is 17.1. The number of carbonyl (C=O) groups excluding carboxylic acids is 1. The third-order valence-electron chi connectivity index (χ3n) is 3.66. The first kappa shape index (κ1) is 16.3. The monoisotopic (exact) mass is 340 g/mol. The molecule has 0 saturated carbocycles. The number of fused-ring (bicyclic) bond motifs is 1. The minimum absolute atomic E-state index is 0.302. The number of benzene rings is 2. The van der Waals surface area contributed by atoms with Crippen LogP contribution in [0.25, 0.3) is 10.9 Å². The van der Waals surface area contributed by atoms with Crippen molar-refractivity contribution in [3.63, 3.8) is 0 Å². The second kappa shape index (κ2) is 6.89. The highest BCUT2D eigenvalue weighted by Crippen LogP contribution is 2.32. The van der Waals surface area contributed by atoms with E-state index in [9.17, 15) is 4.79 Å². The lowest BCUT2D eigenvalue weighted by Gasteiger charge is -2.14. The molecule has 0 fully saturated rings. The van der Waals surface area contributed by atoms with Gasteiger partial charge in [0.05, 0.1) is 22.8 Å². The number of ether oxygens (including phenoxy) is 1. The smallest absolute Gasteiger partial charge is 0.341 e. The van der Waals surface area contributed by atoms with Crippen molar-refractivity contribution in [3.8, 4) is 0 Å². The van der Waals surface area contributed by atoms with E-state index in [0.29, 0.717) is 28.4 Å². The summed E-state index contributed by atoms with van der Waals surface area (Å²) in [6.07, 6.45) is 1.50. The van der Waals surface area contributed by atoms with E-state index in [1.165, 1.54) is 6.20 Å². The topological polar surface area (TPSA) is 51.2 Å². The highest BCUT2D eigenvalue weighted by Gasteiger charge is 2.17. The summed E-state index contributed by atoms with van der Waals surface area (Å²) in [6.45, 7) is 4.10. The number of para-hydroxylation sites is 1. The third-order valence-corrected chi connectivity index (χ3v) is 3.97. The van der Waals surface area contributed by atoms with Gasteiger partial charge in [0.2, 0.25) is 0 Å². The summed E-state index contributed by atoms with van der Waals surface area (Å²) < 4.78 is 5.15. The lowest BCUT2D eigenvalue weighted by molar-refractivity contribution is 0.0527. The van der Waals surface area contributed by atoms with Crippen LogP contribution in [-0.2, 0) is 4.74 Å². The van der Waals surface area contributed by atoms with E-state index in [1.54, 1.807) is 13.0 Å². The normalized spacial score (nSPS) is 10.6. The molecule has 0 saturated heterocycles. The molecular formula is C19H17ClN2O2. The Kier molecular flexibility index (Phi) is 4.67. The molecule has 0 bridgehead atoms. The molecule has 1 N–H and O–H groups in total. The predicted molar refractivity (Wildman–Crippen MR) is 97.2 cm³/mol. The molecule has 0 radical (unpaired) electrons. The zero-order valence-corrected chi connectivity index (χ0v) is 14.2. The number of nitrogens with zero attached hydrogens (tertiary/aromatic N) is 1. The van der Waals surface area contributed by atoms with Crippen LogP contribution in [0.2, 0.25) is 5.02 Å². The predicted octanol–water partition coefficient (Wildman–Crippen LogP) is 5.12. The Morgan fingerprint density at radius 1 is 1.21 bits per heavy atom. The van der Waals surface area contributed by atoms with Crippen LogP contribution in [0.4, 0.5) is 11.4 Å². The fraction of sp³-hybridized carbons (Fsp3) is 0.158. The van der Waals surface area contributed by atoms with Crippen LogP contribution in [0.3, 0.4) is 0 Å². The van der Waals surface area contributed by atoms with E-state index in [0.717, 1.165) is 16.6 Å². The molecule has 0 spiro atoms. The average Bonchev–Trinajstić information content (AvgIpc) is 2.58. The molecular weight excluding hydrogens is 324 g/mol. The number of hydrogen-bond donors (Lipinski definition) is 1. The first-order valence-corrected chi connectivity index (χ1v) is 8.06. The fourth-order valence-corrected chi connectivity index (χ4v) is 2.69. The van der Waals surface area contributed by atoms with Crippen LogP contribution < -0.4 is 5.32 Å². The Bertz CT molecular complexity index is 892. The molecule has 0 aliphatic rings. The molecule has 0 aliphatic carbocycles. The van der Waals surface area contributed by atoms with E-state index < -0.39 is 5.97 Å². The summed E-state index contributed by atoms with van der Waals surface area (Å²) in [4.78, 5) is 16.6. The van der Waals surface area contributed by atoms with Gasteiger partial charge in [-0.1, -0.05) is 41.4 Å². The number of nitrogens with one attached hydrogen (secondary N) is 1. The Morgan fingerprint density at radius 3 is 2.67 bits per heavy atom. The van der Waals surface area contributed by atoms with Gasteiger partial charge in [-0.3, -0.25) is 4.98 Å². The average molecular weight is 341 g/mol. The van der Waals surface area contributed by atoms with Crippen molar-refractivity contribution in [2.45, 2.75) is 13.8 Å². The number of hydrogen-bond acceptors (Lipinski definition) is 4. The molecule has 122 valence electrons. The number of halogens is 1. The fourth-order valence-electron chi connectivity index (χ4n) is 2.47. The standard InChI is InChI=1S/C19H17ClN2O2/c1-3-24-19(23)15-11-21-18-14(5-4-6-16(18)20)17(15)22-13-9-7-12(2)8-10-13/h4-11H,3H2,1-2H3,(H,21,22). The van der Waals surface area contributed by atoms with Crippen LogP contribution in [0.1, 0.15) is 22.8 Å². The van der Waals surface area contributed by atoms with Crippen molar-refractivity contribution in [1.29, 1.82) is 0 Å². The van der Waals surface area contributed by atoms with Crippen LogP contribution in [0.15, 0.2) is 48.7 Å². The number of anilines is 2. The van der Waals surface area contributed by atoms with Crippen molar-refractivity contribution in [1.82, 2.24) is 4.98 Å². The van der Waals surface area contributed by atoms with Crippen molar-refractivity contribution in [2.75, 3.05) is 11.9 Å². The zero-order valence-electron chi connectivity index (χ0n) is 13.5. The number of aromatic nitrogens is 1. The molecule has 1 heterocycles. The minimum atomic E-state index is -0.415. The Balaban J connectivity index is 2.16. The highest BCUT2D eigenvalue weighted by molar-refractivity contribution is 6.35. The molecule has 0 atom stereocenters. The molecule has 5 heteroatoms. The molecule has 1 aromatic heterocycles. The van der Waals surface area contributed by atoms with Crippen molar-refractivity contribution >= 4 is 39.8 Å². The Morgan fingerprint density at radius 2 is 1.96 bits per heavy atom. The van der Waals surface area contributed by atoms with E-state index in [-0.39, 0.29) is 0 Å². The first-order valence-electron chi connectivity index (χ1n) is 7.68. The molecule has 0 aliphatic heterocycles. The summed E-state index contributed by atoms with van der Waals surface area (Å²) in [5, 5.41) is 4.62. The molecule has 3 aromatic rings. The van der Waals surface area contributed by atoms with E-state index in [2.05, 4.69) is 10.3 Å². The minimum Gasteiger partial charge on any atom is -0.462 e. The van der Waals surface area contributed by atoms with Crippen LogP contribution >= 0.6 is 11.6 Å².